The summed E-state index contributed by atoms with van der Waals surface area (Å²) in [5.41, 5.74) is 3.21. The molecule has 0 amide bonds. The topological polar surface area (TPSA) is 58.8 Å². The first-order valence-corrected chi connectivity index (χ1v) is 6.82. The molecule has 0 atom stereocenters. The van der Waals surface area contributed by atoms with Gasteiger partial charge in [-0.1, -0.05) is 17.7 Å². The molecule has 0 spiro atoms. The molecule has 0 unspecified atom stereocenters. The highest BCUT2D eigenvalue weighted by atomic mass is 16.5. The summed E-state index contributed by atoms with van der Waals surface area (Å²) in [4.78, 5) is 8.45. The van der Waals surface area contributed by atoms with E-state index in [9.17, 15) is 5.26 Å². The largest absolute Gasteiger partial charge is 0.438 e. The van der Waals surface area contributed by atoms with E-state index in [4.69, 9.17) is 4.74 Å². The minimum atomic E-state index is 0.306. The van der Waals surface area contributed by atoms with Crippen LogP contribution in [0.2, 0.25) is 0 Å². The van der Waals surface area contributed by atoms with Gasteiger partial charge in [0.15, 0.2) is 0 Å². The van der Waals surface area contributed by atoms with E-state index in [0.29, 0.717) is 17.2 Å². The minimum Gasteiger partial charge on any atom is -0.438 e. The van der Waals surface area contributed by atoms with Crippen molar-refractivity contribution < 1.29 is 4.74 Å². The zero-order valence-electron chi connectivity index (χ0n) is 12.0. The van der Waals surface area contributed by atoms with Crippen LogP contribution in [0.25, 0.3) is 11.3 Å². The monoisotopic (exact) mass is 287 g/mol. The number of nitrogens with zero attached hydrogens (tertiary/aromatic N) is 3. The number of hydrogen-bond acceptors (Lipinski definition) is 4. The van der Waals surface area contributed by atoms with Crippen LogP contribution < -0.4 is 4.74 Å². The number of hydrogen-bond donors (Lipinski definition) is 0. The second-order valence-corrected chi connectivity index (χ2v) is 4.81. The van der Waals surface area contributed by atoms with Crippen LogP contribution in [-0.2, 0) is 0 Å². The summed E-state index contributed by atoms with van der Waals surface area (Å²) in [6.07, 6.45) is 3.41. The molecule has 4 nitrogen and oxygen atoms in total. The average Bonchev–Trinajstić information content (AvgIpc) is 2.58. The van der Waals surface area contributed by atoms with E-state index in [1.165, 1.54) is 0 Å². The Balaban J connectivity index is 1.98. The molecule has 1 aromatic carbocycles. The van der Waals surface area contributed by atoms with E-state index >= 15 is 0 Å². The lowest BCUT2D eigenvalue weighted by atomic mass is 10.1. The van der Waals surface area contributed by atoms with Crippen LogP contribution >= 0.6 is 0 Å². The maximum Gasteiger partial charge on any atom is 0.237 e. The molecular weight excluding hydrogens is 274 g/mol. The molecule has 0 bridgehead atoms. The normalized spacial score (nSPS) is 10.0. The predicted octanol–water partition coefficient (Wildman–Crippen LogP) is 4.12. The fourth-order valence-electron chi connectivity index (χ4n) is 2.00. The molecule has 0 aliphatic carbocycles. The maximum absolute atomic E-state index is 9.22. The van der Waals surface area contributed by atoms with Gasteiger partial charge in [0.2, 0.25) is 5.88 Å². The Morgan fingerprint density at radius 1 is 0.955 bits per heavy atom. The molecule has 106 valence electrons. The van der Waals surface area contributed by atoms with Crippen LogP contribution in [-0.4, -0.2) is 9.97 Å². The number of benzene rings is 1. The summed E-state index contributed by atoms with van der Waals surface area (Å²) in [5.74, 6) is 0.960. The Morgan fingerprint density at radius 2 is 1.68 bits per heavy atom. The maximum atomic E-state index is 9.22. The smallest absolute Gasteiger partial charge is 0.237 e. The van der Waals surface area contributed by atoms with Gasteiger partial charge in [0.05, 0.1) is 5.69 Å². The summed E-state index contributed by atoms with van der Waals surface area (Å²) < 4.78 is 5.77. The first-order chi connectivity index (χ1) is 10.8. The number of rotatable bonds is 3. The molecule has 22 heavy (non-hydrogen) atoms. The van der Waals surface area contributed by atoms with Gasteiger partial charge < -0.3 is 4.74 Å². The molecule has 0 saturated heterocycles. The van der Waals surface area contributed by atoms with E-state index in [1.54, 1.807) is 24.5 Å². The van der Waals surface area contributed by atoms with Gasteiger partial charge in [-0.05, 0) is 43.3 Å². The second-order valence-electron chi connectivity index (χ2n) is 4.81. The zero-order valence-corrected chi connectivity index (χ0v) is 12.0. The molecule has 3 aromatic rings. The van der Waals surface area contributed by atoms with Gasteiger partial charge in [-0.3, -0.25) is 4.98 Å². The van der Waals surface area contributed by atoms with Crippen molar-refractivity contribution in [1.82, 2.24) is 9.97 Å². The molecular formula is C18H13N3O. The molecule has 4 heteroatoms. The SMILES string of the molecule is Cc1ccc(Oc2nc(-c3ccncc3)ccc2C#N)cc1. The van der Waals surface area contributed by atoms with E-state index in [-0.39, 0.29) is 0 Å². The highest BCUT2D eigenvalue weighted by molar-refractivity contribution is 5.60. The third-order valence-corrected chi connectivity index (χ3v) is 3.19. The Morgan fingerprint density at radius 3 is 2.36 bits per heavy atom. The minimum absolute atomic E-state index is 0.306. The van der Waals surface area contributed by atoms with Crippen LogP contribution in [0.3, 0.4) is 0 Å². The number of pyridine rings is 2. The molecule has 0 radical (unpaired) electrons. The second kappa shape index (κ2) is 6.06. The lowest BCUT2D eigenvalue weighted by molar-refractivity contribution is 0.462. The van der Waals surface area contributed by atoms with Crippen molar-refractivity contribution in [3.05, 3.63) is 72.1 Å². The number of nitriles is 1. The van der Waals surface area contributed by atoms with Gasteiger partial charge in [-0.25, -0.2) is 4.98 Å². The third-order valence-electron chi connectivity index (χ3n) is 3.19. The van der Waals surface area contributed by atoms with Gasteiger partial charge >= 0.3 is 0 Å². The first-order valence-electron chi connectivity index (χ1n) is 6.82. The number of aryl methyl sites for hydroxylation is 1. The van der Waals surface area contributed by atoms with E-state index in [1.807, 2.05) is 43.3 Å². The van der Waals surface area contributed by atoms with Gasteiger partial charge in [-0.15, -0.1) is 0 Å². The Bertz CT molecular complexity index is 821. The summed E-state index contributed by atoms with van der Waals surface area (Å²) in [6, 6.07) is 17.0. The number of ether oxygens (including phenoxy) is 1. The predicted molar refractivity (Wildman–Crippen MR) is 83.4 cm³/mol. The van der Waals surface area contributed by atoms with Crippen molar-refractivity contribution in [2.75, 3.05) is 0 Å². The Kier molecular flexibility index (Phi) is 3.80. The van der Waals surface area contributed by atoms with Gasteiger partial charge in [0.25, 0.3) is 0 Å². The van der Waals surface area contributed by atoms with Crippen molar-refractivity contribution in [3.63, 3.8) is 0 Å². The standard InChI is InChI=1S/C18H13N3O/c1-13-2-5-16(6-3-13)22-18-15(12-19)4-7-17(21-18)14-8-10-20-11-9-14/h2-11H,1H3. The third kappa shape index (κ3) is 2.94. The lowest BCUT2D eigenvalue weighted by Gasteiger charge is -2.08. The molecule has 0 N–H and O–H groups in total. The van der Waals surface area contributed by atoms with Crippen LogP contribution in [0.4, 0.5) is 0 Å². The van der Waals surface area contributed by atoms with Crippen molar-refractivity contribution in [2.24, 2.45) is 0 Å². The lowest BCUT2D eigenvalue weighted by Crippen LogP contribution is -1.94. The molecule has 0 aliphatic rings. The number of aromatic nitrogens is 2. The molecule has 2 heterocycles. The summed E-state index contributed by atoms with van der Waals surface area (Å²) in [5, 5.41) is 9.22. The van der Waals surface area contributed by atoms with Crippen molar-refractivity contribution in [1.29, 1.82) is 5.26 Å². The van der Waals surface area contributed by atoms with E-state index in [0.717, 1.165) is 16.8 Å². The summed E-state index contributed by atoms with van der Waals surface area (Å²) in [6.45, 7) is 2.01. The van der Waals surface area contributed by atoms with Crippen LogP contribution in [0.15, 0.2) is 60.9 Å². The first kappa shape index (κ1) is 13.8. The molecule has 2 aromatic heterocycles. The van der Waals surface area contributed by atoms with Gasteiger partial charge in [-0.2, -0.15) is 5.26 Å². The zero-order chi connectivity index (χ0) is 15.4. The van der Waals surface area contributed by atoms with Crippen molar-refractivity contribution >= 4 is 0 Å². The summed E-state index contributed by atoms with van der Waals surface area (Å²) in [7, 11) is 0. The van der Waals surface area contributed by atoms with Crippen molar-refractivity contribution in [3.8, 4) is 29.0 Å². The molecule has 0 fully saturated rings. The highest BCUT2D eigenvalue weighted by Gasteiger charge is 2.09. The van der Waals surface area contributed by atoms with Gasteiger partial charge in [0, 0.05) is 18.0 Å². The average molecular weight is 287 g/mol. The van der Waals surface area contributed by atoms with E-state index in [2.05, 4.69) is 16.0 Å². The van der Waals surface area contributed by atoms with Crippen LogP contribution in [0.5, 0.6) is 11.6 Å². The van der Waals surface area contributed by atoms with Gasteiger partial charge in [0.1, 0.15) is 17.4 Å². The molecule has 3 rings (SSSR count). The van der Waals surface area contributed by atoms with Crippen molar-refractivity contribution in [2.45, 2.75) is 6.92 Å². The van der Waals surface area contributed by atoms with E-state index < -0.39 is 0 Å². The quantitative estimate of drug-likeness (QED) is 0.727. The van der Waals surface area contributed by atoms with Crippen LogP contribution in [0.1, 0.15) is 11.1 Å². The fourth-order valence-corrected chi connectivity index (χ4v) is 2.00. The molecule has 0 saturated carbocycles. The highest BCUT2D eigenvalue weighted by Crippen LogP contribution is 2.26. The van der Waals surface area contributed by atoms with Crippen LogP contribution in [0, 0.1) is 18.3 Å². The Labute approximate surface area is 128 Å². The fraction of sp³-hybridized carbons (Fsp3) is 0.0556. The summed E-state index contributed by atoms with van der Waals surface area (Å²) >= 11 is 0. The Hall–Kier alpha value is -3.19. The molecule has 0 aliphatic heterocycles.